The molecular weight excluding hydrogens is 536 g/mol. The van der Waals surface area contributed by atoms with Crippen LogP contribution in [0.25, 0.3) is 0 Å². The number of unbranched alkanes of at least 4 members (excludes halogenated alkanes) is 3. The van der Waals surface area contributed by atoms with Crippen molar-refractivity contribution in [3.63, 3.8) is 0 Å². The van der Waals surface area contributed by atoms with Gasteiger partial charge in [-0.05, 0) is 64.0 Å². The van der Waals surface area contributed by atoms with E-state index >= 15 is 0 Å². The standard InChI is InChI=1S/C30H39ClN2O5S/c1-4-6-7-12-20-38-28(37)24-23-26(35)33(18-10-11-19-34)25(30(23)16-15-29(24,3)39-30)27(36)32(17-5-2)22-14-9-8-13-21(22)31/h4-5,8-9,13-14,23-25,34H,1-2,6-7,10-12,15-20H2,3H3/t23-,24-,25?,29+,30?/m0/s1. The van der Waals surface area contributed by atoms with Crippen molar-refractivity contribution >= 4 is 46.8 Å². The van der Waals surface area contributed by atoms with Gasteiger partial charge < -0.3 is 19.6 Å². The number of amides is 2. The van der Waals surface area contributed by atoms with Crippen LogP contribution in [0.4, 0.5) is 5.69 Å². The number of aliphatic hydroxyl groups excluding tert-OH is 1. The fourth-order valence-electron chi connectivity index (χ4n) is 6.60. The number of carbonyl (C=O) groups excluding carboxylic acids is 3. The highest BCUT2D eigenvalue weighted by molar-refractivity contribution is 8.02. The van der Waals surface area contributed by atoms with Crippen LogP contribution in [-0.4, -0.2) is 69.6 Å². The van der Waals surface area contributed by atoms with Gasteiger partial charge in [0.2, 0.25) is 5.91 Å². The van der Waals surface area contributed by atoms with Gasteiger partial charge in [0.15, 0.2) is 0 Å². The molecule has 5 atom stereocenters. The van der Waals surface area contributed by atoms with Crippen LogP contribution in [0.1, 0.15) is 51.9 Å². The van der Waals surface area contributed by atoms with E-state index in [-0.39, 0.29) is 30.9 Å². The van der Waals surface area contributed by atoms with E-state index in [4.69, 9.17) is 16.3 Å². The highest BCUT2D eigenvalue weighted by Gasteiger charge is 2.77. The van der Waals surface area contributed by atoms with Gasteiger partial charge in [-0.15, -0.1) is 24.9 Å². The Hall–Kier alpha value is -2.29. The number of hydrogen-bond donors (Lipinski definition) is 1. The molecule has 4 rings (SSSR count). The van der Waals surface area contributed by atoms with Crippen molar-refractivity contribution in [2.24, 2.45) is 11.8 Å². The summed E-state index contributed by atoms with van der Waals surface area (Å²) < 4.78 is 4.50. The molecule has 9 heteroatoms. The Morgan fingerprint density at radius 1 is 1.21 bits per heavy atom. The second kappa shape index (κ2) is 12.5. The minimum Gasteiger partial charge on any atom is -0.465 e. The number of likely N-dealkylation sites (tertiary alicyclic amines) is 1. The first-order chi connectivity index (χ1) is 18.8. The van der Waals surface area contributed by atoms with Crippen molar-refractivity contribution in [2.45, 2.75) is 67.4 Å². The van der Waals surface area contributed by atoms with Crippen LogP contribution in [-0.2, 0) is 19.1 Å². The average Bonchev–Trinajstić information content (AvgIpc) is 3.48. The lowest BCUT2D eigenvalue weighted by atomic mass is 9.66. The van der Waals surface area contributed by atoms with Crippen molar-refractivity contribution in [3.05, 3.63) is 54.6 Å². The van der Waals surface area contributed by atoms with E-state index in [1.807, 2.05) is 19.1 Å². The Labute approximate surface area is 240 Å². The third-order valence-electron chi connectivity index (χ3n) is 8.34. The number of hydrogen-bond acceptors (Lipinski definition) is 6. The summed E-state index contributed by atoms with van der Waals surface area (Å²) in [6.07, 6.45) is 8.43. The number of para-hydroxylation sites is 1. The lowest BCUT2D eigenvalue weighted by Crippen LogP contribution is -2.55. The van der Waals surface area contributed by atoms with Gasteiger partial charge in [0.25, 0.3) is 5.91 Å². The lowest BCUT2D eigenvalue weighted by Gasteiger charge is -2.37. The van der Waals surface area contributed by atoms with Crippen molar-refractivity contribution in [3.8, 4) is 0 Å². The van der Waals surface area contributed by atoms with E-state index in [0.29, 0.717) is 43.1 Å². The van der Waals surface area contributed by atoms with E-state index in [0.717, 1.165) is 25.7 Å². The summed E-state index contributed by atoms with van der Waals surface area (Å²) in [5.41, 5.74) is 0.561. The molecule has 0 radical (unpaired) electrons. The van der Waals surface area contributed by atoms with E-state index in [1.54, 1.807) is 45.8 Å². The monoisotopic (exact) mass is 574 g/mol. The first-order valence-corrected chi connectivity index (χ1v) is 15.0. The van der Waals surface area contributed by atoms with Gasteiger partial charge in [0.05, 0.1) is 33.9 Å². The summed E-state index contributed by atoms with van der Waals surface area (Å²) >= 11 is 8.14. The first-order valence-electron chi connectivity index (χ1n) is 13.8. The fraction of sp³-hybridized carbons (Fsp3) is 0.567. The molecule has 39 heavy (non-hydrogen) atoms. The number of anilines is 1. The Kier molecular flexibility index (Phi) is 9.50. The molecule has 3 aliphatic heterocycles. The summed E-state index contributed by atoms with van der Waals surface area (Å²) in [6, 6.07) is 6.39. The third kappa shape index (κ3) is 5.40. The van der Waals surface area contributed by atoms with Crippen molar-refractivity contribution in [1.82, 2.24) is 4.90 Å². The summed E-state index contributed by atoms with van der Waals surface area (Å²) in [5.74, 6) is -2.00. The SMILES string of the molecule is C=CCCCCOC(=O)[C@@H]1[C@H]2C(=O)N(CCCCO)C(C(=O)N(CC=C)c3ccccc3Cl)C23CC[C@@]1(C)S3. The van der Waals surface area contributed by atoms with Crippen LogP contribution in [0.3, 0.4) is 0 Å². The average molecular weight is 575 g/mol. The quantitative estimate of drug-likeness (QED) is 0.191. The number of ether oxygens (including phenoxy) is 1. The van der Waals surface area contributed by atoms with E-state index < -0.39 is 27.4 Å². The van der Waals surface area contributed by atoms with E-state index in [9.17, 15) is 19.5 Å². The highest BCUT2D eigenvalue weighted by atomic mass is 35.5. The van der Waals surface area contributed by atoms with Crippen molar-refractivity contribution in [2.75, 3.05) is 31.2 Å². The Morgan fingerprint density at radius 3 is 2.67 bits per heavy atom. The Balaban J connectivity index is 1.69. The van der Waals surface area contributed by atoms with Gasteiger partial charge in [-0.1, -0.05) is 35.9 Å². The first kappa shape index (κ1) is 29.7. The van der Waals surface area contributed by atoms with Crippen LogP contribution in [0.5, 0.6) is 0 Å². The second-order valence-electron chi connectivity index (χ2n) is 10.8. The topological polar surface area (TPSA) is 87.1 Å². The molecule has 0 saturated carbocycles. The molecular formula is C30H39ClN2O5S. The number of nitrogens with zero attached hydrogens (tertiary/aromatic N) is 2. The third-order valence-corrected chi connectivity index (χ3v) is 10.6. The van der Waals surface area contributed by atoms with Gasteiger partial charge in [-0.2, -0.15) is 0 Å². The number of carbonyl (C=O) groups is 3. The summed E-state index contributed by atoms with van der Waals surface area (Å²) in [4.78, 5) is 45.4. The summed E-state index contributed by atoms with van der Waals surface area (Å²) in [5, 5.41) is 9.83. The predicted molar refractivity (Wildman–Crippen MR) is 156 cm³/mol. The summed E-state index contributed by atoms with van der Waals surface area (Å²) in [7, 11) is 0. The number of allylic oxidation sites excluding steroid dienone is 1. The molecule has 1 aromatic rings. The fourth-order valence-corrected chi connectivity index (χ4v) is 9.18. The van der Waals surface area contributed by atoms with Crippen LogP contribution >= 0.6 is 23.4 Å². The minimum absolute atomic E-state index is 0.00501. The zero-order valence-electron chi connectivity index (χ0n) is 22.6. The van der Waals surface area contributed by atoms with Gasteiger partial charge >= 0.3 is 5.97 Å². The molecule has 2 unspecified atom stereocenters. The number of halogens is 1. The lowest BCUT2D eigenvalue weighted by molar-refractivity contribution is -0.155. The van der Waals surface area contributed by atoms with Gasteiger partial charge in [0, 0.05) is 24.4 Å². The zero-order valence-corrected chi connectivity index (χ0v) is 24.2. The number of thioether (sulfide) groups is 1. The van der Waals surface area contributed by atoms with Gasteiger partial charge in [0.1, 0.15) is 6.04 Å². The number of aliphatic hydroxyl groups is 1. The molecule has 1 spiro atoms. The summed E-state index contributed by atoms with van der Waals surface area (Å²) in [6.45, 7) is 10.5. The van der Waals surface area contributed by atoms with Crippen LogP contribution in [0.2, 0.25) is 5.02 Å². The molecule has 3 fully saturated rings. The molecule has 3 aliphatic rings. The Morgan fingerprint density at radius 2 is 1.97 bits per heavy atom. The van der Waals surface area contributed by atoms with E-state index in [1.165, 1.54) is 0 Å². The van der Waals surface area contributed by atoms with Gasteiger partial charge in [-0.3, -0.25) is 14.4 Å². The van der Waals surface area contributed by atoms with Crippen LogP contribution in [0, 0.1) is 11.8 Å². The molecule has 2 bridgehead atoms. The van der Waals surface area contributed by atoms with Crippen molar-refractivity contribution in [1.29, 1.82) is 0 Å². The molecule has 0 aliphatic carbocycles. The molecule has 3 saturated heterocycles. The minimum atomic E-state index is -0.762. The highest BCUT2D eigenvalue weighted by Crippen LogP contribution is 2.71. The van der Waals surface area contributed by atoms with Crippen LogP contribution < -0.4 is 4.90 Å². The van der Waals surface area contributed by atoms with Crippen molar-refractivity contribution < 1.29 is 24.2 Å². The number of esters is 1. The normalized spacial score (nSPS) is 28.8. The van der Waals surface area contributed by atoms with Gasteiger partial charge in [-0.25, -0.2) is 0 Å². The Bertz CT molecular complexity index is 1110. The predicted octanol–water partition coefficient (Wildman–Crippen LogP) is 5.01. The molecule has 0 aromatic heterocycles. The molecule has 2 amide bonds. The molecule has 7 nitrogen and oxygen atoms in total. The largest absolute Gasteiger partial charge is 0.465 e. The molecule has 3 heterocycles. The maximum atomic E-state index is 14.5. The maximum Gasteiger partial charge on any atom is 0.311 e. The number of rotatable bonds is 14. The zero-order chi connectivity index (χ0) is 28.2. The van der Waals surface area contributed by atoms with E-state index in [2.05, 4.69) is 13.2 Å². The maximum absolute atomic E-state index is 14.5. The number of benzene rings is 1. The number of fused-ring (bicyclic) bond motifs is 1. The molecule has 212 valence electrons. The van der Waals surface area contributed by atoms with Crippen LogP contribution in [0.15, 0.2) is 49.6 Å². The molecule has 1 N–H and O–H groups in total. The molecule has 1 aromatic carbocycles. The second-order valence-corrected chi connectivity index (χ2v) is 13.1. The smallest absolute Gasteiger partial charge is 0.311 e.